The van der Waals surface area contributed by atoms with Crippen LogP contribution in [0.25, 0.3) is 0 Å². The minimum Gasteiger partial charge on any atom is -0.469 e. The van der Waals surface area contributed by atoms with Crippen LogP contribution in [0.2, 0.25) is 0 Å². The summed E-state index contributed by atoms with van der Waals surface area (Å²) in [6.07, 6.45) is 3.12. The quantitative estimate of drug-likeness (QED) is 0.662. The fraction of sp³-hybridized carbons (Fsp3) is 0.211. The molecule has 146 valence electrons. The Labute approximate surface area is 165 Å². The zero-order valence-corrected chi connectivity index (χ0v) is 16.4. The Morgan fingerprint density at radius 2 is 2.04 bits per heavy atom. The van der Waals surface area contributed by atoms with E-state index in [9.17, 15) is 14.0 Å². The van der Waals surface area contributed by atoms with Crippen molar-refractivity contribution in [1.29, 1.82) is 0 Å². The van der Waals surface area contributed by atoms with Crippen molar-refractivity contribution in [2.75, 3.05) is 17.7 Å². The van der Waals surface area contributed by atoms with Gasteiger partial charge in [-0.3, -0.25) is 4.79 Å². The number of aromatic nitrogens is 1. The summed E-state index contributed by atoms with van der Waals surface area (Å²) in [4.78, 5) is 31.2. The molecule has 0 aliphatic heterocycles. The van der Waals surface area contributed by atoms with E-state index in [0.29, 0.717) is 23.6 Å². The molecule has 2 heterocycles. The zero-order chi connectivity index (χ0) is 20.3. The Hall–Kier alpha value is -3.20. The van der Waals surface area contributed by atoms with Crippen LogP contribution in [0.15, 0.2) is 41.1 Å². The molecule has 0 bridgehead atoms. The third-order valence-corrected chi connectivity index (χ3v) is 4.88. The fourth-order valence-corrected chi connectivity index (χ4v) is 3.36. The maximum Gasteiger partial charge on any atom is 0.321 e. The van der Waals surface area contributed by atoms with E-state index in [1.807, 2.05) is 6.92 Å². The van der Waals surface area contributed by atoms with Gasteiger partial charge in [-0.15, -0.1) is 11.3 Å². The molecule has 3 rings (SSSR count). The second kappa shape index (κ2) is 8.22. The van der Waals surface area contributed by atoms with Gasteiger partial charge in [0.05, 0.1) is 29.1 Å². The molecule has 1 aromatic carbocycles. The van der Waals surface area contributed by atoms with Crippen LogP contribution in [0, 0.1) is 19.7 Å². The van der Waals surface area contributed by atoms with Crippen molar-refractivity contribution in [2.24, 2.45) is 0 Å². The van der Waals surface area contributed by atoms with Gasteiger partial charge in [-0.2, -0.15) is 0 Å². The first-order valence-corrected chi connectivity index (χ1v) is 9.23. The van der Waals surface area contributed by atoms with E-state index in [2.05, 4.69) is 15.6 Å². The first-order valence-electron chi connectivity index (χ1n) is 8.42. The number of halogens is 1. The van der Waals surface area contributed by atoms with Gasteiger partial charge in [0.2, 0.25) is 0 Å². The van der Waals surface area contributed by atoms with Crippen LogP contribution in [-0.4, -0.2) is 28.9 Å². The fourth-order valence-electron chi connectivity index (χ4n) is 2.51. The van der Waals surface area contributed by atoms with Crippen molar-refractivity contribution in [3.63, 3.8) is 0 Å². The van der Waals surface area contributed by atoms with Crippen LogP contribution in [-0.2, 0) is 6.54 Å². The normalized spacial score (nSPS) is 10.6. The molecular formula is C19H19FN4O3S. The van der Waals surface area contributed by atoms with Crippen molar-refractivity contribution in [1.82, 2.24) is 9.88 Å². The Morgan fingerprint density at radius 3 is 2.68 bits per heavy atom. The SMILES string of the molecule is Cc1ncc(CN(C)C(=O)Nc2ccc(F)c(NC(=O)c3ccoc3C)c2)s1. The van der Waals surface area contributed by atoms with Crippen LogP contribution in [0.5, 0.6) is 0 Å². The number of carbonyl (C=O) groups excluding carboxylic acids is 2. The van der Waals surface area contributed by atoms with Gasteiger partial charge in [0.1, 0.15) is 11.6 Å². The molecule has 0 saturated carbocycles. The number of thiazole rings is 1. The van der Waals surface area contributed by atoms with Crippen LogP contribution in [0.1, 0.15) is 26.0 Å². The van der Waals surface area contributed by atoms with Crippen LogP contribution in [0.3, 0.4) is 0 Å². The maximum atomic E-state index is 14.1. The summed E-state index contributed by atoms with van der Waals surface area (Å²) < 4.78 is 19.2. The monoisotopic (exact) mass is 402 g/mol. The van der Waals surface area contributed by atoms with Gasteiger partial charge >= 0.3 is 6.03 Å². The van der Waals surface area contributed by atoms with E-state index >= 15 is 0 Å². The van der Waals surface area contributed by atoms with Crippen molar-refractivity contribution in [2.45, 2.75) is 20.4 Å². The summed E-state index contributed by atoms with van der Waals surface area (Å²) in [6, 6.07) is 5.12. The van der Waals surface area contributed by atoms with Crippen molar-refractivity contribution in [3.05, 3.63) is 63.8 Å². The van der Waals surface area contributed by atoms with E-state index in [1.54, 1.807) is 20.2 Å². The number of carbonyl (C=O) groups is 2. The minimum atomic E-state index is -0.610. The minimum absolute atomic E-state index is 0.0378. The lowest BCUT2D eigenvalue weighted by molar-refractivity contribution is 0.102. The summed E-state index contributed by atoms with van der Waals surface area (Å²) in [5.41, 5.74) is 0.635. The molecule has 0 fully saturated rings. The molecule has 0 aliphatic rings. The largest absolute Gasteiger partial charge is 0.469 e. The number of amides is 3. The average molecular weight is 402 g/mol. The molecule has 2 N–H and O–H groups in total. The van der Waals surface area contributed by atoms with Gasteiger partial charge in [0, 0.05) is 23.8 Å². The third-order valence-electron chi connectivity index (χ3n) is 3.98. The predicted molar refractivity (Wildman–Crippen MR) is 105 cm³/mol. The maximum absolute atomic E-state index is 14.1. The molecule has 9 heteroatoms. The van der Waals surface area contributed by atoms with Gasteiger partial charge in [-0.25, -0.2) is 14.2 Å². The highest BCUT2D eigenvalue weighted by molar-refractivity contribution is 7.11. The summed E-state index contributed by atoms with van der Waals surface area (Å²) in [5.74, 6) is -0.672. The highest BCUT2D eigenvalue weighted by Crippen LogP contribution is 2.22. The zero-order valence-electron chi connectivity index (χ0n) is 15.6. The van der Waals surface area contributed by atoms with E-state index in [4.69, 9.17) is 4.42 Å². The third kappa shape index (κ3) is 4.55. The lowest BCUT2D eigenvalue weighted by Crippen LogP contribution is -2.30. The van der Waals surface area contributed by atoms with Gasteiger partial charge < -0.3 is 20.0 Å². The molecule has 0 radical (unpaired) electrons. The number of aryl methyl sites for hydroxylation is 2. The number of rotatable bonds is 5. The van der Waals surface area contributed by atoms with Crippen molar-refractivity contribution < 1.29 is 18.4 Å². The molecule has 0 atom stereocenters. The number of hydrogen-bond acceptors (Lipinski definition) is 5. The number of urea groups is 1. The Balaban J connectivity index is 1.67. The lowest BCUT2D eigenvalue weighted by atomic mass is 10.2. The number of nitrogens with zero attached hydrogens (tertiary/aromatic N) is 2. The second-order valence-electron chi connectivity index (χ2n) is 6.17. The van der Waals surface area contributed by atoms with Crippen LogP contribution in [0.4, 0.5) is 20.6 Å². The summed E-state index contributed by atoms with van der Waals surface area (Å²) in [7, 11) is 1.65. The van der Waals surface area contributed by atoms with Crippen LogP contribution < -0.4 is 10.6 Å². The highest BCUT2D eigenvalue weighted by atomic mass is 32.1. The summed E-state index contributed by atoms with van der Waals surface area (Å²) >= 11 is 1.51. The molecule has 2 aromatic heterocycles. The topological polar surface area (TPSA) is 87.5 Å². The van der Waals surface area contributed by atoms with E-state index in [0.717, 1.165) is 9.88 Å². The predicted octanol–water partition coefficient (Wildman–Crippen LogP) is 4.41. The molecule has 3 aromatic rings. The van der Waals surface area contributed by atoms with Crippen molar-refractivity contribution in [3.8, 4) is 0 Å². The van der Waals surface area contributed by atoms with E-state index < -0.39 is 11.7 Å². The summed E-state index contributed by atoms with van der Waals surface area (Å²) in [5, 5.41) is 6.11. The second-order valence-corrected chi connectivity index (χ2v) is 7.49. The van der Waals surface area contributed by atoms with Gasteiger partial charge in [-0.05, 0) is 38.1 Å². The number of benzene rings is 1. The van der Waals surface area contributed by atoms with Gasteiger partial charge in [0.15, 0.2) is 0 Å². The molecule has 0 unspecified atom stereocenters. The first kappa shape index (κ1) is 19.6. The smallest absolute Gasteiger partial charge is 0.321 e. The molecule has 3 amide bonds. The Kier molecular flexibility index (Phi) is 5.74. The first-order chi connectivity index (χ1) is 13.3. The average Bonchev–Trinajstić information content (AvgIpc) is 3.25. The molecule has 7 nitrogen and oxygen atoms in total. The highest BCUT2D eigenvalue weighted by Gasteiger charge is 2.16. The Morgan fingerprint density at radius 1 is 1.25 bits per heavy atom. The molecule has 0 saturated heterocycles. The molecule has 0 aliphatic carbocycles. The summed E-state index contributed by atoms with van der Waals surface area (Å²) in [6.45, 7) is 3.94. The van der Waals surface area contributed by atoms with E-state index in [1.165, 1.54) is 46.8 Å². The number of hydrogen-bond donors (Lipinski definition) is 2. The van der Waals surface area contributed by atoms with Gasteiger partial charge in [-0.1, -0.05) is 0 Å². The molecular weight excluding hydrogens is 383 g/mol. The molecule has 28 heavy (non-hydrogen) atoms. The van der Waals surface area contributed by atoms with E-state index in [-0.39, 0.29) is 11.7 Å². The van der Waals surface area contributed by atoms with Crippen molar-refractivity contribution >= 4 is 34.6 Å². The van der Waals surface area contributed by atoms with Crippen LogP contribution >= 0.6 is 11.3 Å². The number of furan rings is 1. The Bertz CT molecular complexity index is 1010. The lowest BCUT2D eigenvalue weighted by Gasteiger charge is -2.17. The number of anilines is 2. The standard InChI is InChI=1S/C19H19FN4O3S/c1-11-15(6-7-27-11)18(25)23-17-8-13(4-5-16(17)20)22-19(26)24(3)10-14-9-21-12(2)28-14/h4-9H,10H2,1-3H3,(H,22,26)(H,23,25). The molecule has 0 spiro atoms. The number of nitrogens with one attached hydrogen (secondary N) is 2. The van der Waals surface area contributed by atoms with Gasteiger partial charge in [0.25, 0.3) is 5.91 Å².